The number of thioether (sulfide) groups is 1. The highest BCUT2D eigenvalue weighted by Gasteiger charge is 2.22. The summed E-state index contributed by atoms with van der Waals surface area (Å²) in [5.41, 5.74) is 4.63. The van der Waals surface area contributed by atoms with Gasteiger partial charge in [0.05, 0.1) is 5.75 Å². The third-order valence-electron chi connectivity index (χ3n) is 4.99. The van der Waals surface area contributed by atoms with Gasteiger partial charge < -0.3 is 5.32 Å². The molecule has 1 aromatic carbocycles. The number of fused-ring (bicyclic) bond motifs is 3. The number of aryl methyl sites for hydroxylation is 5. The van der Waals surface area contributed by atoms with Crippen LogP contribution < -0.4 is 5.32 Å². The van der Waals surface area contributed by atoms with Crippen LogP contribution in [0.1, 0.15) is 40.7 Å². The molecule has 4 nitrogen and oxygen atoms in total. The molecule has 0 fully saturated rings. The van der Waals surface area contributed by atoms with Gasteiger partial charge in [0.15, 0.2) is 0 Å². The van der Waals surface area contributed by atoms with Crippen molar-refractivity contribution < 1.29 is 4.79 Å². The number of anilines is 1. The standard InChI is InChI=1S/C21H23N3OS2/c1-4-14-8-5-7-12(2)19(14)24-17(25)11-26-20-18-15-9-6-10-16(15)27-21(18)23-13(3)22-20/h5,7-8H,4,6,9-11H2,1-3H3,(H,24,25). The summed E-state index contributed by atoms with van der Waals surface area (Å²) < 4.78 is 0. The quantitative estimate of drug-likeness (QED) is 0.481. The first kappa shape index (κ1) is 18.4. The number of para-hydroxylation sites is 1. The molecule has 0 saturated heterocycles. The summed E-state index contributed by atoms with van der Waals surface area (Å²) in [7, 11) is 0. The number of rotatable bonds is 5. The van der Waals surface area contributed by atoms with E-state index in [0.717, 1.165) is 46.2 Å². The molecule has 0 saturated carbocycles. The van der Waals surface area contributed by atoms with E-state index >= 15 is 0 Å². The number of aromatic nitrogens is 2. The van der Waals surface area contributed by atoms with Gasteiger partial charge in [0, 0.05) is 16.0 Å². The lowest BCUT2D eigenvalue weighted by molar-refractivity contribution is -0.113. The van der Waals surface area contributed by atoms with E-state index in [1.165, 1.54) is 39.6 Å². The lowest BCUT2D eigenvalue weighted by Gasteiger charge is -2.13. The van der Waals surface area contributed by atoms with E-state index in [2.05, 4.69) is 28.3 Å². The normalized spacial score (nSPS) is 13.1. The van der Waals surface area contributed by atoms with E-state index in [9.17, 15) is 4.79 Å². The van der Waals surface area contributed by atoms with E-state index < -0.39 is 0 Å². The van der Waals surface area contributed by atoms with Crippen molar-refractivity contribution in [3.63, 3.8) is 0 Å². The van der Waals surface area contributed by atoms with E-state index in [4.69, 9.17) is 0 Å². The van der Waals surface area contributed by atoms with Crippen LogP contribution in [0, 0.1) is 13.8 Å². The zero-order valence-electron chi connectivity index (χ0n) is 15.9. The van der Waals surface area contributed by atoms with Crippen LogP contribution in [-0.4, -0.2) is 21.6 Å². The molecule has 2 aromatic heterocycles. The Morgan fingerprint density at radius 3 is 2.93 bits per heavy atom. The highest BCUT2D eigenvalue weighted by atomic mass is 32.2. The van der Waals surface area contributed by atoms with Gasteiger partial charge in [0.1, 0.15) is 15.7 Å². The molecule has 6 heteroatoms. The van der Waals surface area contributed by atoms with Crippen molar-refractivity contribution in [3.8, 4) is 0 Å². The fourth-order valence-electron chi connectivity index (χ4n) is 3.68. The van der Waals surface area contributed by atoms with Gasteiger partial charge in [-0.05, 0) is 56.2 Å². The molecule has 2 heterocycles. The smallest absolute Gasteiger partial charge is 0.234 e. The Bertz CT molecular complexity index is 1030. The second kappa shape index (κ2) is 7.60. The van der Waals surface area contributed by atoms with Gasteiger partial charge in [-0.15, -0.1) is 11.3 Å². The van der Waals surface area contributed by atoms with Gasteiger partial charge in [0.25, 0.3) is 0 Å². The summed E-state index contributed by atoms with van der Waals surface area (Å²) in [5, 5.41) is 5.24. The molecule has 3 aromatic rings. The molecule has 27 heavy (non-hydrogen) atoms. The Morgan fingerprint density at radius 1 is 1.26 bits per heavy atom. The number of nitrogens with zero attached hydrogens (tertiary/aromatic N) is 2. The van der Waals surface area contributed by atoms with Crippen molar-refractivity contribution in [1.82, 2.24) is 9.97 Å². The average Bonchev–Trinajstić information content (AvgIpc) is 3.21. The average molecular weight is 398 g/mol. The minimum absolute atomic E-state index is 0.0142. The molecule has 4 rings (SSSR count). The van der Waals surface area contributed by atoms with Crippen molar-refractivity contribution in [2.45, 2.75) is 51.5 Å². The van der Waals surface area contributed by atoms with Crippen LogP contribution in [0.3, 0.4) is 0 Å². The molecule has 0 aliphatic heterocycles. The lowest BCUT2D eigenvalue weighted by Crippen LogP contribution is -2.16. The number of nitrogens with one attached hydrogen (secondary N) is 1. The van der Waals surface area contributed by atoms with Crippen molar-refractivity contribution in [1.29, 1.82) is 0 Å². The van der Waals surface area contributed by atoms with Gasteiger partial charge >= 0.3 is 0 Å². The molecular weight excluding hydrogens is 374 g/mol. The van der Waals surface area contributed by atoms with E-state index in [0.29, 0.717) is 5.75 Å². The largest absolute Gasteiger partial charge is 0.325 e. The monoisotopic (exact) mass is 397 g/mol. The van der Waals surface area contributed by atoms with Gasteiger partial charge in [0.2, 0.25) is 5.91 Å². The molecule has 0 unspecified atom stereocenters. The Morgan fingerprint density at radius 2 is 2.11 bits per heavy atom. The number of carbonyl (C=O) groups excluding carboxylic acids is 1. The molecule has 1 aliphatic carbocycles. The molecule has 1 amide bonds. The SMILES string of the molecule is CCc1cccc(C)c1NC(=O)CSc1nc(C)nc2sc3c(c12)CCC3. The first-order valence-corrected chi connectivity index (χ1v) is 11.2. The van der Waals surface area contributed by atoms with Gasteiger partial charge in [-0.1, -0.05) is 36.9 Å². The predicted molar refractivity (Wildman–Crippen MR) is 114 cm³/mol. The molecular formula is C21H23N3OS2. The van der Waals surface area contributed by atoms with Crippen molar-refractivity contribution in [2.75, 3.05) is 11.1 Å². The predicted octanol–water partition coefficient (Wildman–Crippen LogP) is 5.09. The molecule has 0 atom stereocenters. The molecule has 1 aliphatic rings. The summed E-state index contributed by atoms with van der Waals surface area (Å²) in [5.74, 6) is 1.14. The lowest BCUT2D eigenvalue weighted by atomic mass is 10.1. The highest BCUT2D eigenvalue weighted by molar-refractivity contribution is 8.00. The van der Waals surface area contributed by atoms with Crippen molar-refractivity contribution >= 4 is 44.9 Å². The fourth-order valence-corrected chi connectivity index (χ4v) is 5.95. The summed E-state index contributed by atoms with van der Waals surface area (Å²) in [6.07, 6.45) is 4.36. The zero-order valence-corrected chi connectivity index (χ0v) is 17.5. The third-order valence-corrected chi connectivity index (χ3v) is 7.15. The van der Waals surface area contributed by atoms with Crippen LogP contribution in [0.25, 0.3) is 10.2 Å². The van der Waals surface area contributed by atoms with E-state index in [1.807, 2.05) is 26.0 Å². The fraction of sp³-hybridized carbons (Fsp3) is 0.381. The number of benzene rings is 1. The maximum absolute atomic E-state index is 12.6. The Balaban J connectivity index is 1.55. The first-order valence-electron chi connectivity index (χ1n) is 9.36. The minimum atomic E-state index is 0.0142. The molecule has 0 radical (unpaired) electrons. The molecule has 0 spiro atoms. The Kier molecular flexibility index (Phi) is 5.19. The molecule has 1 N–H and O–H groups in total. The maximum atomic E-state index is 12.6. The maximum Gasteiger partial charge on any atom is 0.234 e. The first-order chi connectivity index (χ1) is 13.1. The van der Waals surface area contributed by atoms with Crippen LogP contribution in [0.15, 0.2) is 23.2 Å². The Hall–Kier alpha value is -1.92. The van der Waals surface area contributed by atoms with Crippen LogP contribution in [0.2, 0.25) is 0 Å². The van der Waals surface area contributed by atoms with Crippen LogP contribution in [-0.2, 0) is 24.1 Å². The van der Waals surface area contributed by atoms with Crippen molar-refractivity contribution in [2.24, 2.45) is 0 Å². The number of carbonyl (C=O) groups is 1. The minimum Gasteiger partial charge on any atom is -0.325 e. The number of thiophene rings is 1. The van der Waals surface area contributed by atoms with E-state index in [-0.39, 0.29) is 5.91 Å². The molecule has 0 bridgehead atoms. The van der Waals surface area contributed by atoms with E-state index in [1.54, 1.807) is 11.3 Å². The van der Waals surface area contributed by atoms with Crippen LogP contribution >= 0.6 is 23.1 Å². The number of amides is 1. The number of hydrogen-bond acceptors (Lipinski definition) is 5. The number of hydrogen-bond donors (Lipinski definition) is 1. The zero-order chi connectivity index (χ0) is 19.0. The van der Waals surface area contributed by atoms with Gasteiger partial charge in [-0.25, -0.2) is 9.97 Å². The molecule has 140 valence electrons. The highest BCUT2D eigenvalue weighted by Crippen LogP contribution is 2.40. The van der Waals surface area contributed by atoms with Crippen LogP contribution in [0.4, 0.5) is 5.69 Å². The second-order valence-electron chi connectivity index (χ2n) is 6.91. The van der Waals surface area contributed by atoms with Gasteiger partial charge in [-0.2, -0.15) is 0 Å². The summed E-state index contributed by atoms with van der Waals surface area (Å²) in [6, 6.07) is 6.14. The second-order valence-corrected chi connectivity index (χ2v) is 8.96. The topological polar surface area (TPSA) is 54.9 Å². The summed E-state index contributed by atoms with van der Waals surface area (Å²) >= 11 is 3.32. The van der Waals surface area contributed by atoms with Crippen LogP contribution in [0.5, 0.6) is 0 Å². The van der Waals surface area contributed by atoms with Gasteiger partial charge in [-0.3, -0.25) is 4.79 Å². The Labute approximate surface area is 167 Å². The van der Waals surface area contributed by atoms with Crippen molar-refractivity contribution in [3.05, 3.63) is 45.6 Å². The summed E-state index contributed by atoms with van der Waals surface area (Å²) in [6.45, 7) is 6.07. The third kappa shape index (κ3) is 3.60. The summed E-state index contributed by atoms with van der Waals surface area (Å²) in [4.78, 5) is 24.4.